The van der Waals surface area contributed by atoms with Gasteiger partial charge in [0.25, 0.3) is 0 Å². The second-order valence-electron chi connectivity index (χ2n) is 4.86. The Bertz CT molecular complexity index is 391. The highest BCUT2D eigenvalue weighted by Gasteiger charge is 2.21. The maximum absolute atomic E-state index is 5.97. The highest BCUT2D eigenvalue weighted by Crippen LogP contribution is 2.29. The van der Waals surface area contributed by atoms with Gasteiger partial charge in [0.2, 0.25) is 0 Å². The van der Waals surface area contributed by atoms with E-state index in [0.29, 0.717) is 0 Å². The minimum absolute atomic E-state index is 0.740. The first-order chi connectivity index (χ1) is 8.70. The second kappa shape index (κ2) is 5.96. The van der Waals surface area contributed by atoms with Gasteiger partial charge in [0.05, 0.1) is 25.1 Å². The molecule has 18 heavy (non-hydrogen) atoms. The molecule has 2 N–H and O–H groups in total. The molecule has 4 heteroatoms. The molecule has 0 aliphatic heterocycles. The van der Waals surface area contributed by atoms with Gasteiger partial charge < -0.3 is 20.1 Å². The zero-order valence-electron chi connectivity index (χ0n) is 11.2. The molecule has 0 spiro atoms. The Morgan fingerprint density at radius 2 is 2.17 bits per heavy atom. The number of hydrogen-bond acceptors (Lipinski definition) is 4. The number of likely N-dealkylation sites (N-methyl/N-ethyl adjacent to an activating group) is 1. The number of hydrogen-bond donors (Lipinski definition) is 1. The van der Waals surface area contributed by atoms with E-state index in [4.69, 9.17) is 15.2 Å². The summed E-state index contributed by atoms with van der Waals surface area (Å²) in [6, 6.07) is 5.70. The van der Waals surface area contributed by atoms with Crippen molar-refractivity contribution in [2.45, 2.75) is 12.8 Å². The van der Waals surface area contributed by atoms with Crippen molar-refractivity contribution in [2.75, 3.05) is 44.5 Å². The van der Waals surface area contributed by atoms with Crippen molar-refractivity contribution in [3.8, 4) is 5.75 Å². The Morgan fingerprint density at radius 3 is 2.83 bits per heavy atom. The lowest BCUT2D eigenvalue weighted by Crippen LogP contribution is -2.23. The zero-order valence-corrected chi connectivity index (χ0v) is 11.2. The first kappa shape index (κ1) is 13.0. The van der Waals surface area contributed by atoms with Gasteiger partial charge in [-0.1, -0.05) is 0 Å². The van der Waals surface area contributed by atoms with E-state index in [1.807, 2.05) is 25.2 Å². The largest absolute Gasteiger partial charge is 0.497 e. The average Bonchev–Trinajstić information content (AvgIpc) is 3.19. The topological polar surface area (TPSA) is 47.7 Å². The van der Waals surface area contributed by atoms with E-state index in [1.165, 1.54) is 12.8 Å². The van der Waals surface area contributed by atoms with Gasteiger partial charge in [0, 0.05) is 26.3 Å². The Labute approximate surface area is 109 Å². The fraction of sp³-hybridized carbons (Fsp3) is 0.571. The van der Waals surface area contributed by atoms with Gasteiger partial charge in [-0.2, -0.15) is 0 Å². The van der Waals surface area contributed by atoms with Crippen molar-refractivity contribution in [1.29, 1.82) is 0 Å². The number of anilines is 2. The van der Waals surface area contributed by atoms with Crippen molar-refractivity contribution in [3.63, 3.8) is 0 Å². The van der Waals surface area contributed by atoms with Gasteiger partial charge in [0.15, 0.2) is 0 Å². The number of methoxy groups -OCH3 is 1. The van der Waals surface area contributed by atoms with Crippen LogP contribution in [0.3, 0.4) is 0 Å². The van der Waals surface area contributed by atoms with Crippen LogP contribution in [0.2, 0.25) is 0 Å². The van der Waals surface area contributed by atoms with Crippen molar-refractivity contribution in [3.05, 3.63) is 18.2 Å². The second-order valence-corrected chi connectivity index (χ2v) is 4.86. The number of benzene rings is 1. The third-order valence-corrected chi connectivity index (χ3v) is 3.27. The molecular weight excluding hydrogens is 228 g/mol. The molecule has 0 atom stereocenters. The molecule has 0 radical (unpaired) electrons. The number of nitrogen functional groups attached to an aromatic ring is 1. The minimum atomic E-state index is 0.740. The molecule has 0 heterocycles. The Hall–Kier alpha value is -1.42. The summed E-state index contributed by atoms with van der Waals surface area (Å²) in [6.07, 6.45) is 2.66. The predicted molar refractivity (Wildman–Crippen MR) is 74.2 cm³/mol. The molecule has 1 saturated carbocycles. The molecule has 1 aromatic carbocycles. The molecule has 0 amide bonds. The lowest BCUT2D eigenvalue weighted by molar-refractivity contribution is 0.131. The molecule has 1 aliphatic carbocycles. The number of nitrogens with two attached hydrogens (primary N) is 1. The van der Waals surface area contributed by atoms with Crippen LogP contribution in [-0.4, -0.2) is 33.9 Å². The molecule has 1 aliphatic rings. The smallest absolute Gasteiger partial charge is 0.121 e. The number of ether oxygens (including phenoxy) is 2. The predicted octanol–water partition coefficient (Wildman–Crippen LogP) is 2.14. The van der Waals surface area contributed by atoms with Gasteiger partial charge in [0.1, 0.15) is 5.75 Å². The Kier molecular flexibility index (Phi) is 4.31. The minimum Gasteiger partial charge on any atom is -0.497 e. The lowest BCUT2D eigenvalue weighted by atomic mass is 10.2. The van der Waals surface area contributed by atoms with E-state index in [-0.39, 0.29) is 0 Å². The van der Waals surface area contributed by atoms with Crippen LogP contribution >= 0.6 is 0 Å². The molecule has 1 fully saturated rings. The molecule has 0 bridgehead atoms. The van der Waals surface area contributed by atoms with Gasteiger partial charge in [-0.05, 0) is 30.9 Å². The van der Waals surface area contributed by atoms with Gasteiger partial charge >= 0.3 is 0 Å². The summed E-state index contributed by atoms with van der Waals surface area (Å²) in [6.45, 7) is 2.48. The maximum Gasteiger partial charge on any atom is 0.121 e. The van der Waals surface area contributed by atoms with Crippen molar-refractivity contribution < 1.29 is 9.47 Å². The van der Waals surface area contributed by atoms with Crippen LogP contribution in [0.25, 0.3) is 0 Å². The van der Waals surface area contributed by atoms with Crippen LogP contribution < -0.4 is 15.4 Å². The molecule has 0 aromatic heterocycles. The first-order valence-electron chi connectivity index (χ1n) is 6.43. The summed E-state index contributed by atoms with van der Waals surface area (Å²) < 4.78 is 10.8. The summed E-state index contributed by atoms with van der Waals surface area (Å²) in [5.74, 6) is 1.64. The summed E-state index contributed by atoms with van der Waals surface area (Å²) in [5.41, 5.74) is 7.72. The van der Waals surface area contributed by atoms with Crippen molar-refractivity contribution >= 4 is 11.4 Å². The van der Waals surface area contributed by atoms with Crippen molar-refractivity contribution in [1.82, 2.24) is 0 Å². The monoisotopic (exact) mass is 250 g/mol. The van der Waals surface area contributed by atoms with Crippen LogP contribution in [0.5, 0.6) is 5.75 Å². The van der Waals surface area contributed by atoms with E-state index in [0.717, 1.165) is 42.8 Å². The summed E-state index contributed by atoms with van der Waals surface area (Å²) in [4.78, 5) is 2.10. The van der Waals surface area contributed by atoms with Gasteiger partial charge in [-0.3, -0.25) is 0 Å². The quantitative estimate of drug-likeness (QED) is 0.595. The molecule has 0 saturated heterocycles. The van der Waals surface area contributed by atoms with Crippen LogP contribution in [0, 0.1) is 5.92 Å². The molecule has 100 valence electrons. The van der Waals surface area contributed by atoms with Crippen LogP contribution in [-0.2, 0) is 4.74 Å². The highest BCUT2D eigenvalue weighted by atomic mass is 16.5. The zero-order chi connectivity index (χ0) is 13.0. The van der Waals surface area contributed by atoms with Crippen LogP contribution in [0.1, 0.15) is 12.8 Å². The normalized spacial score (nSPS) is 14.6. The lowest BCUT2D eigenvalue weighted by Gasteiger charge is -2.21. The molecule has 4 nitrogen and oxygen atoms in total. The molecule has 1 aromatic rings. The summed E-state index contributed by atoms with van der Waals surface area (Å²) in [5, 5.41) is 0. The highest BCUT2D eigenvalue weighted by molar-refractivity contribution is 5.69. The SMILES string of the molecule is COc1ccc(N)c(N(C)CCOCC2CC2)c1. The van der Waals surface area contributed by atoms with E-state index >= 15 is 0 Å². The fourth-order valence-electron chi connectivity index (χ4n) is 1.84. The van der Waals surface area contributed by atoms with Gasteiger partial charge in [-0.25, -0.2) is 0 Å². The van der Waals surface area contributed by atoms with Gasteiger partial charge in [-0.15, -0.1) is 0 Å². The van der Waals surface area contributed by atoms with E-state index in [2.05, 4.69) is 4.90 Å². The first-order valence-corrected chi connectivity index (χ1v) is 6.43. The number of nitrogens with zero attached hydrogens (tertiary/aromatic N) is 1. The summed E-state index contributed by atoms with van der Waals surface area (Å²) >= 11 is 0. The average molecular weight is 250 g/mol. The fourth-order valence-corrected chi connectivity index (χ4v) is 1.84. The standard InChI is InChI=1S/C14H22N2O2/c1-16(7-8-18-10-11-3-4-11)14-9-12(17-2)5-6-13(14)15/h5-6,9,11H,3-4,7-8,10,15H2,1-2H3. The Morgan fingerprint density at radius 1 is 1.39 bits per heavy atom. The number of rotatable bonds is 7. The summed E-state index contributed by atoms with van der Waals surface area (Å²) in [7, 11) is 3.68. The van der Waals surface area contributed by atoms with Crippen LogP contribution in [0.15, 0.2) is 18.2 Å². The van der Waals surface area contributed by atoms with Crippen molar-refractivity contribution in [2.24, 2.45) is 5.92 Å². The van der Waals surface area contributed by atoms with E-state index in [1.54, 1.807) is 7.11 Å². The maximum atomic E-state index is 5.97. The third-order valence-electron chi connectivity index (χ3n) is 3.27. The van der Waals surface area contributed by atoms with Crippen LogP contribution in [0.4, 0.5) is 11.4 Å². The third kappa shape index (κ3) is 3.53. The Balaban J connectivity index is 1.84. The molecular formula is C14H22N2O2. The molecule has 0 unspecified atom stereocenters. The van der Waals surface area contributed by atoms with E-state index < -0.39 is 0 Å². The van der Waals surface area contributed by atoms with E-state index in [9.17, 15) is 0 Å². The molecule has 2 rings (SSSR count).